The van der Waals surface area contributed by atoms with E-state index >= 15 is 0 Å². The quantitative estimate of drug-likeness (QED) is 0.796. The van der Waals surface area contributed by atoms with Gasteiger partial charge in [0, 0.05) is 6.54 Å². The molecule has 0 aliphatic rings. The van der Waals surface area contributed by atoms with Crippen LogP contribution in [0.3, 0.4) is 0 Å². The SMILES string of the molecule is CCNS(=O)(=O)Nc1cccc(C#N)c1. The first-order valence-electron chi connectivity index (χ1n) is 4.35. The first-order chi connectivity index (χ1) is 7.07. The lowest BCUT2D eigenvalue weighted by atomic mass is 10.2. The van der Waals surface area contributed by atoms with Crippen LogP contribution < -0.4 is 9.44 Å². The summed E-state index contributed by atoms with van der Waals surface area (Å²) in [4.78, 5) is 0. The molecule has 2 N–H and O–H groups in total. The van der Waals surface area contributed by atoms with Crippen LogP contribution in [0.5, 0.6) is 0 Å². The van der Waals surface area contributed by atoms with Crippen molar-refractivity contribution in [3.63, 3.8) is 0 Å². The van der Waals surface area contributed by atoms with Crippen molar-refractivity contribution in [3.05, 3.63) is 29.8 Å². The zero-order valence-electron chi connectivity index (χ0n) is 8.19. The molecule has 80 valence electrons. The molecule has 0 unspecified atom stereocenters. The molecule has 0 radical (unpaired) electrons. The molecule has 0 amide bonds. The van der Waals surface area contributed by atoms with Gasteiger partial charge in [0.1, 0.15) is 0 Å². The number of rotatable bonds is 4. The zero-order chi connectivity index (χ0) is 11.3. The largest absolute Gasteiger partial charge is 0.299 e. The van der Waals surface area contributed by atoms with Crippen molar-refractivity contribution in [1.82, 2.24) is 4.72 Å². The van der Waals surface area contributed by atoms with Crippen LogP contribution in [-0.2, 0) is 10.2 Å². The molecule has 1 rings (SSSR count). The smallest absolute Gasteiger partial charge is 0.271 e. The summed E-state index contributed by atoms with van der Waals surface area (Å²) in [6.45, 7) is 2.00. The molecular formula is C9H11N3O2S. The fourth-order valence-electron chi connectivity index (χ4n) is 1.03. The number of benzene rings is 1. The molecule has 0 bridgehead atoms. The molecule has 0 aliphatic heterocycles. The van der Waals surface area contributed by atoms with Crippen LogP contribution in [0, 0.1) is 11.3 Å². The van der Waals surface area contributed by atoms with Crippen molar-refractivity contribution < 1.29 is 8.42 Å². The number of nitrogens with zero attached hydrogens (tertiary/aromatic N) is 1. The number of hydrogen-bond donors (Lipinski definition) is 2. The number of anilines is 1. The van der Waals surface area contributed by atoms with E-state index in [9.17, 15) is 8.42 Å². The Morgan fingerprint density at radius 1 is 1.47 bits per heavy atom. The van der Waals surface area contributed by atoms with E-state index in [2.05, 4.69) is 9.44 Å². The van der Waals surface area contributed by atoms with Gasteiger partial charge in [0.15, 0.2) is 0 Å². The normalized spacial score (nSPS) is 10.7. The van der Waals surface area contributed by atoms with Crippen molar-refractivity contribution in [3.8, 4) is 6.07 Å². The molecule has 1 aromatic rings. The predicted octanol–water partition coefficient (Wildman–Crippen LogP) is 0.824. The molecule has 5 nitrogen and oxygen atoms in total. The topological polar surface area (TPSA) is 82.0 Å². The van der Waals surface area contributed by atoms with Crippen LogP contribution in [0.4, 0.5) is 5.69 Å². The van der Waals surface area contributed by atoms with Crippen molar-refractivity contribution in [2.45, 2.75) is 6.92 Å². The number of nitriles is 1. The van der Waals surface area contributed by atoms with E-state index in [0.717, 1.165) is 0 Å². The third kappa shape index (κ3) is 3.58. The third-order valence-corrected chi connectivity index (χ3v) is 2.75. The fraction of sp³-hybridized carbons (Fsp3) is 0.222. The summed E-state index contributed by atoms with van der Waals surface area (Å²) in [5.74, 6) is 0. The summed E-state index contributed by atoms with van der Waals surface area (Å²) >= 11 is 0. The van der Waals surface area contributed by atoms with E-state index in [1.165, 1.54) is 6.07 Å². The van der Waals surface area contributed by atoms with Gasteiger partial charge in [-0.05, 0) is 18.2 Å². The third-order valence-electron chi connectivity index (χ3n) is 1.58. The summed E-state index contributed by atoms with van der Waals surface area (Å²) in [5, 5.41) is 8.62. The van der Waals surface area contributed by atoms with Crippen molar-refractivity contribution >= 4 is 15.9 Å². The first-order valence-corrected chi connectivity index (χ1v) is 5.83. The molecule has 0 aliphatic carbocycles. The number of hydrogen-bond acceptors (Lipinski definition) is 3. The summed E-state index contributed by atoms with van der Waals surface area (Å²) in [5.41, 5.74) is 0.779. The van der Waals surface area contributed by atoms with Gasteiger partial charge in [-0.25, -0.2) is 0 Å². The second-order valence-electron chi connectivity index (χ2n) is 2.80. The fourth-order valence-corrected chi connectivity index (χ4v) is 1.92. The molecule has 0 saturated heterocycles. The standard InChI is InChI=1S/C9H11N3O2S/c1-2-11-15(13,14)12-9-5-3-4-8(6-9)7-10/h3-6,11-12H,2H2,1H3. The molecule has 0 heterocycles. The van der Waals surface area contributed by atoms with Gasteiger partial charge in [-0.15, -0.1) is 0 Å². The van der Waals surface area contributed by atoms with Crippen LogP contribution in [0.2, 0.25) is 0 Å². The highest BCUT2D eigenvalue weighted by Crippen LogP contribution is 2.10. The lowest BCUT2D eigenvalue weighted by Gasteiger charge is -2.07. The molecule has 1 aromatic carbocycles. The Morgan fingerprint density at radius 2 is 2.20 bits per heavy atom. The monoisotopic (exact) mass is 225 g/mol. The van der Waals surface area contributed by atoms with Gasteiger partial charge in [0.2, 0.25) is 0 Å². The molecule has 0 aromatic heterocycles. The van der Waals surface area contributed by atoms with E-state index in [1.54, 1.807) is 25.1 Å². The van der Waals surface area contributed by atoms with Crippen molar-refractivity contribution in [1.29, 1.82) is 5.26 Å². The summed E-state index contributed by atoms with van der Waals surface area (Å²) < 4.78 is 27.2. The van der Waals surface area contributed by atoms with Gasteiger partial charge in [0.25, 0.3) is 10.2 Å². The molecular weight excluding hydrogens is 214 g/mol. The Labute approximate surface area is 88.9 Å². The van der Waals surface area contributed by atoms with E-state index in [-0.39, 0.29) is 0 Å². The Hall–Kier alpha value is -1.58. The molecule has 0 fully saturated rings. The Balaban J connectivity index is 2.86. The molecule has 0 saturated carbocycles. The van der Waals surface area contributed by atoms with Crippen molar-refractivity contribution in [2.75, 3.05) is 11.3 Å². The molecule has 15 heavy (non-hydrogen) atoms. The first kappa shape index (κ1) is 11.5. The second-order valence-corrected chi connectivity index (χ2v) is 4.30. The highest BCUT2D eigenvalue weighted by atomic mass is 32.2. The zero-order valence-corrected chi connectivity index (χ0v) is 9.00. The average molecular weight is 225 g/mol. The highest BCUT2D eigenvalue weighted by Gasteiger charge is 2.07. The number of nitrogens with one attached hydrogen (secondary N) is 2. The maximum atomic E-state index is 11.3. The molecule has 0 atom stereocenters. The highest BCUT2D eigenvalue weighted by molar-refractivity contribution is 7.90. The second kappa shape index (κ2) is 4.77. The van der Waals surface area contributed by atoms with Crippen LogP contribution in [0.25, 0.3) is 0 Å². The van der Waals surface area contributed by atoms with E-state index in [1.807, 2.05) is 6.07 Å². The lowest BCUT2D eigenvalue weighted by molar-refractivity contribution is 0.589. The van der Waals surface area contributed by atoms with Gasteiger partial charge < -0.3 is 0 Å². The Bertz CT molecular complexity index is 476. The van der Waals surface area contributed by atoms with Gasteiger partial charge in [-0.1, -0.05) is 13.0 Å². The minimum atomic E-state index is -3.52. The van der Waals surface area contributed by atoms with Gasteiger partial charge >= 0.3 is 0 Å². The van der Waals surface area contributed by atoms with E-state index in [4.69, 9.17) is 5.26 Å². The average Bonchev–Trinajstić information content (AvgIpc) is 2.17. The van der Waals surface area contributed by atoms with Gasteiger partial charge in [0.05, 0.1) is 17.3 Å². The Morgan fingerprint density at radius 3 is 2.80 bits per heavy atom. The van der Waals surface area contributed by atoms with Crippen LogP contribution in [0.15, 0.2) is 24.3 Å². The minimum Gasteiger partial charge on any atom is -0.271 e. The maximum Gasteiger partial charge on any atom is 0.299 e. The summed E-state index contributed by atoms with van der Waals surface area (Å²) in [6, 6.07) is 8.19. The maximum absolute atomic E-state index is 11.3. The lowest BCUT2D eigenvalue weighted by Crippen LogP contribution is -2.29. The Kier molecular flexibility index (Phi) is 3.66. The van der Waals surface area contributed by atoms with Gasteiger partial charge in [-0.2, -0.15) is 18.4 Å². The molecule has 6 heteroatoms. The predicted molar refractivity (Wildman–Crippen MR) is 57.4 cm³/mol. The van der Waals surface area contributed by atoms with Gasteiger partial charge in [-0.3, -0.25) is 4.72 Å². The van der Waals surface area contributed by atoms with Crippen LogP contribution >= 0.6 is 0 Å². The van der Waals surface area contributed by atoms with Crippen LogP contribution in [0.1, 0.15) is 12.5 Å². The van der Waals surface area contributed by atoms with E-state index in [0.29, 0.717) is 17.8 Å². The van der Waals surface area contributed by atoms with E-state index < -0.39 is 10.2 Å². The van der Waals surface area contributed by atoms with Crippen molar-refractivity contribution in [2.24, 2.45) is 0 Å². The molecule has 0 spiro atoms. The van der Waals surface area contributed by atoms with Crippen LogP contribution in [-0.4, -0.2) is 15.0 Å². The minimum absolute atomic E-state index is 0.313. The summed E-state index contributed by atoms with van der Waals surface area (Å²) in [6.07, 6.45) is 0. The summed E-state index contributed by atoms with van der Waals surface area (Å²) in [7, 11) is -3.52.